The molecule has 0 amide bonds. The van der Waals surface area contributed by atoms with E-state index in [1.807, 2.05) is 0 Å². The summed E-state index contributed by atoms with van der Waals surface area (Å²) >= 11 is 2.93. The van der Waals surface area contributed by atoms with Crippen molar-refractivity contribution in [2.75, 3.05) is 0 Å². The molecule has 76 valence electrons. The average Bonchev–Trinajstić information content (AvgIpc) is 2.16. The van der Waals surface area contributed by atoms with Crippen LogP contribution >= 0.6 is 15.9 Å². The molecule has 0 spiro atoms. The van der Waals surface area contributed by atoms with Gasteiger partial charge in [-0.2, -0.15) is 0 Å². The van der Waals surface area contributed by atoms with E-state index in [0.29, 0.717) is 6.29 Å². The molecule has 0 bridgehead atoms. The molecule has 0 saturated carbocycles. The van der Waals surface area contributed by atoms with Crippen LogP contribution in [0.3, 0.4) is 0 Å². The first-order valence-corrected chi connectivity index (χ1v) is 4.77. The van der Waals surface area contributed by atoms with Gasteiger partial charge in [-0.15, -0.1) is 0 Å². The van der Waals surface area contributed by atoms with Crippen molar-refractivity contribution in [2.45, 2.75) is 11.8 Å². The molecule has 0 fully saturated rings. The van der Waals surface area contributed by atoms with E-state index in [-0.39, 0.29) is 16.6 Å². The molecule has 0 aromatic carbocycles. The lowest BCUT2D eigenvalue weighted by Crippen LogP contribution is -2.14. The van der Waals surface area contributed by atoms with Crippen molar-refractivity contribution in [1.82, 2.24) is 4.98 Å². The summed E-state index contributed by atoms with van der Waals surface area (Å²) < 4.78 is 24.8. The van der Waals surface area contributed by atoms with Crippen LogP contribution in [0.2, 0.25) is 0 Å². The molecule has 1 rings (SSSR count). The maximum absolute atomic E-state index is 12.4. The second-order valence-electron chi connectivity index (χ2n) is 2.53. The predicted molar refractivity (Wildman–Crippen MR) is 50.0 cm³/mol. The van der Waals surface area contributed by atoms with Crippen molar-refractivity contribution in [3.05, 3.63) is 33.2 Å². The molecule has 0 aliphatic heterocycles. The summed E-state index contributed by atoms with van der Waals surface area (Å²) in [5, 5.41) is 0.0289. The van der Waals surface area contributed by atoms with Gasteiger partial charge in [-0.1, -0.05) is 15.9 Å². The molecular weight excluding hydrogens is 260 g/mol. The molecule has 6 heteroatoms. The van der Waals surface area contributed by atoms with Gasteiger partial charge >= 0.3 is 0 Å². The number of aromatic amines is 1. The number of nitrogens with one attached hydrogen (secondary N) is 1. The summed E-state index contributed by atoms with van der Waals surface area (Å²) in [6.07, 6.45) is -2.47. The van der Waals surface area contributed by atoms with Crippen LogP contribution in [0.15, 0.2) is 10.9 Å². The summed E-state index contributed by atoms with van der Waals surface area (Å²) in [5.74, 6) is 0. The highest BCUT2D eigenvalue weighted by molar-refractivity contribution is 9.08. The van der Waals surface area contributed by atoms with Crippen LogP contribution in [0.5, 0.6) is 0 Å². The number of aromatic nitrogens is 1. The van der Waals surface area contributed by atoms with Crippen LogP contribution in [0.25, 0.3) is 0 Å². The Morgan fingerprint density at radius 1 is 1.57 bits per heavy atom. The normalized spacial score (nSPS) is 10.6. The first kappa shape index (κ1) is 11.0. The molecule has 0 atom stereocenters. The molecule has 0 saturated heterocycles. The molecule has 0 aliphatic carbocycles. The van der Waals surface area contributed by atoms with Crippen molar-refractivity contribution in [3.8, 4) is 0 Å². The van der Waals surface area contributed by atoms with Gasteiger partial charge in [0.1, 0.15) is 0 Å². The van der Waals surface area contributed by atoms with Crippen LogP contribution in [0, 0.1) is 0 Å². The Morgan fingerprint density at radius 2 is 2.21 bits per heavy atom. The Labute approximate surface area is 86.3 Å². The minimum Gasteiger partial charge on any atom is -0.351 e. The zero-order valence-electron chi connectivity index (χ0n) is 6.89. The van der Waals surface area contributed by atoms with E-state index >= 15 is 0 Å². The van der Waals surface area contributed by atoms with Crippen LogP contribution < -0.4 is 5.43 Å². The molecule has 0 aliphatic rings. The summed E-state index contributed by atoms with van der Waals surface area (Å²) in [4.78, 5) is 23.7. The van der Waals surface area contributed by atoms with E-state index < -0.39 is 17.5 Å². The number of alkyl halides is 3. The maximum Gasteiger partial charge on any atom is 0.278 e. The van der Waals surface area contributed by atoms with Gasteiger partial charge < -0.3 is 4.98 Å². The second kappa shape index (κ2) is 4.45. The van der Waals surface area contributed by atoms with Crippen molar-refractivity contribution >= 4 is 22.2 Å². The third kappa shape index (κ3) is 2.06. The monoisotopic (exact) mass is 265 g/mol. The summed E-state index contributed by atoms with van der Waals surface area (Å²) in [6.45, 7) is 0. The fourth-order valence-corrected chi connectivity index (χ4v) is 1.59. The Bertz CT molecular complexity index is 403. The number of pyridine rings is 1. The highest BCUT2D eigenvalue weighted by atomic mass is 79.9. The van der Waals surface area contributed by atoms with E-state index in [1.165, 1.54) is 0 Å². The van der Waals surface area contributed by atoms with Crippen LogP contribution in [-0.4, -0.2) is 11.3 Å². The van der Waals surface area contributed by atoms with E-state index in [9.17, 15) is 18.4 Å². The fourth-order valence-electron chi connectivity index (χ4n) is 1.02. The van der Waals surface area contributed by atoms with E-state index in [2.05, 4.69) is 20.9 Å². The van der Waals surface area contributed by atoms with Crippen LogP contribution in [-0.2, 0) is 5.33 Å². The average molecular weight is 266 g/mol. The largest absolute Gasteiger partial charge is 0.351 e. The zero-order valence-corrected chi connectivity index (χ0v) is 8.48. The van der Waals surface area contributed by atoms with Gasteiger partial charge in [0.2, 0.25) is 0 Å². The number of hydrogen-bond donors (Lipinski definition) is 1. The molecule has 1 heterocycles. The number of hydrogen-bond acceptors (Lipinski definition) is 2. The lowest BCUT2D eigenvalue weighted by atomic mass is 10.2. The SMILES string of the molecule is O=Cc1cc(=O)c(CBr)c(C(F)F)[nH]1. The molecule has 1 aromatic rings. The highest BCUT2D eigenvalue weighted by Gasteiger charge is 2.16. The van der Waals surface area contributed by atoms with Gasteiger partial charge in [-0.3, -0.25) is 9.59 Å². The first-order chi connectivity index (χ1) is 6.60. The Hall–Kier alpha value is -1.04. The topological polar surface area (TPSA) is 49.9 Å². The van der Waals surface area contributed by atoms with Gasteiger partial charge in [0.15, 0.2) is 11.7 Å². The van der Waals surface area contributed by atoms with Crippen molar-refractivity contribution < 1.29 is 13.6 Å². The quantitative estimate of drug-likeness (QED) is 0.672. The Kier molecular flexibility index (Phi) is 3.51. The van der Waals surface area contributed by atoms with E-state index in [4.69, 9.17) is 0 Å². The van der Waals surface area contributed by atoms with Crippen LogP contribution in [0.1, 0.15) is 28.2 Å². The third-order valence-corrected chi connectivity index (χ3v) is 2.23. The molecular formula is C8H6BrF2NO2. The number of halogens is 3. The predicted octanol–water partition coefficient (Wildman–Crippen LogP) is 2.02. The van der Waals surface area contributed by atoms with Gasteiger partial charge in [0, 0.05) is 17.0 Å². The number of rotatable bonds is 3. The van der Waals surface area contributed by atoms with E-state index in [1.54, 1.807) is 0 Å². The molecule has 14 heavy (non-hydrogen) atoms. The minimum absolute atomic E-state index is 0.0289. The smallest absolute Gasteiger partial charge is 0.278 e. The molecule has 3 nitrogen and oxygen atoms in total. The zero-order chi connectivity index (χ0) is 10.7. The second-order valence-corrected chi connectivity index (χ2v) is 3.09. The lowest BCUT2D eigenvalue weighted by molar-refractivity contribution is 0.111. The Morgan fingerprint density at radius 3 is 2.64 bits per heavy atom. The lowest BCUT2D eigenvalue weighted by Gasteiger charge is -2.05. The third-order valence-electron chi connectivity index (χ3n) is 1.67. The maximum atomic E-state index is 12.4. The standard InChI is InChI=1S/C8H6BrF2NO2/c9-2-5-6(14)1-4(3-13)12-7(5)8(10)11/h1,3,8H,2H2,(H,12,14). The van der Waals surface area contributed by atoms with Gasteiger partial charge in [0.05, 0.1) is 11.4 Å². The van der Waals surface area contributed by atoms with Gasteiger partial charge in [-0.25, -0.2) is 8.78 Å². The number of carbonyl (C=O) groups excluding carboxylic acids is 1. The molecule has 1 aromatic heterocycles. The minimum atomic E-state index is -2.80. The summed E-state index contributed by atoms with van der Waals surface area (Å²) in [6, 6.07) is 0.996. The van der Waals surface area contributed by atoms with Gasteiger partial charge in [-0.05, 0) is 0 Å². The molecule has 0 radical (unpaired) electrons. The van der Waals surface area contributed by atoms with Crippen molar-refractivity contribution in [3.63, 3.8) is 0 Å². The number of carbonyl (C=O) groups is 1. The summed E-state index contributed by atoms with van der Waals surface area (Å²) in [7, 11) is 0. The molecule has 0 unspecified atom stereocenters. The number of H-pyrrole nitrogens is 1. The highest BCUT2D eigenvalue weighted by Crippen LogP contribution is 2.20. The Balaban J connectivity index is 3.43. The van der Waals surface area contributed by atoms with Crippen molar-refractivity contribution in [2.24, 2.45) is 0 Å². The van der Waals surface area contributed by atoms with Crippen molar-refractivity contribution in [1.29, 1.82) is 0 Å². The van der Waals surface area contributed by atoms with Crippen LogP contribution in [0.4, 0.5) is 8.78 Å². The number of aldehydes is 1. The van der Waals surface area contributed by atoms with E-state index in [0.717, 1.165) is 6.07 Å². The summed E-state index contributed by atoms with van der Waals surface area (Å²) in [5.41, 5.74) is -1.27. The molecule has 1 N–H and O–H groups in total. The van der Waals surface area contributed by atoms with Gasteiger partial charge in [0.25, 0.3) is 6.43 Å². The fraction of sp³-hybridized carbons (Fsp3) is 0.250. The first-order valence-electron chi connectivity index (χ1n) is 3.65.